The molecule has 0 unspecified atom stereocenters. The molecule has 2 nitrogen and oxygen atoms in total. The molecule has 0 N–H and O–H groups in total. The molecule has 3 heterocycles. The summed E-state index contributed by atoms with van der Waals surface area (Å²) in [6, 6.07) is 25.6. The molecule has 4 heteroatoms. The molecule has 0 atom stereocenters. The first kappa shape index (κ1) is 45.0. The predicted molar refractivity (Wildman–Crippen MR) is 286 cm³/mol. The van der Waals surface area contributed by atoms with Gasteiger partial charge in [0.1, 0.15) is 0 Å². The van der Waals surface area contributed by atoms with Gasteiger partial charge in [-0.3, -0.25) is 0 Å². The summed E-state index contributed by atoms with van der Waals surface area (Å²) >= 11 is 2.16. The molecule has 5 aliphatic rings. The van der Waals surface area contributed by atoms with E-state index < -0.39 is 0 Å². The summed E-state index contributed by atoms with van der Waals surface area (Å²) in [5.74, 6) is 0. The van der Waals surface area contributed by atoms with Gasteiger partial charge in [-0.25, -0.2) is 0 Å². The third-order valence-corrected chi connectivity index (χ3v) is 19.4. The van der Waals surface area contributed by atoms with Crippen molar-refractivity contribution in [2.45, 2.75) is 213 Å². The van der Waals surface area contributed by atoms with Crippen molar-refractivity contribution >= 4 is 67.9 Å². The fourth-order valence-corrected chi connectivity index (χ4v) is 14.8. The highest BCUT2D eigenvalue weighted by atomic mass is 32.1. The standard InChI is InChI=1S/C61H79BN2S/c1-36-32-37(54(2,3)4)20-25-44(36)64-46-34-38(55(5,6)7)33-45-49(46)62(53-51(64)48-52(65-53)61(18,19)31-30-60(48,16)17)43-24-23-41-47(59(14,15)29-28-57(41,10)11)50(43)63(45)39-21-22-40-42(35-39)58(12,13)27-26-56(40,8)9/h20-25,32-35H,26-31H2,1-19H3. The maximum absolute atomic E-state index is 2.82. The molecule has 10 rings (SSSR count). The number of anilines is 6. The first-order valence-corrected chi connectivity index (χ1v) is 26.1. The van der Waals surface area contributed by atoms with E-state index in [-0.39, 0.29) is 50.0 Å². The van der Waals surface area contributed by atoms with Gasteiger partial charge < -0.3 is 9.80 Å². The maximum atomic E-state index is 2.82. The Hall–Kier alpha value is -3.76. The number of fused-ring (bicyclic) bond motifs is 9. The zero-order chi connectivity index (χ0) is 47.1. The van der Waals surface area contributed by atoms with Gasteiger partial charge in [0, 0.05) is 38.1 Å². The van der Waals surface area contributed by atoms with Crippen LogP contribution in [0.15, 0.2) is 60.7 Å². The van der Waals surface area contributed by atoms with Crippen molar-refractivity contribution in [3.8, 4) is 0 Å². The third kappa shape index (κ3) is 6.58. The highest BCUT2D eigenvalue weighted by Gasteiger charge is 2.53. The first-order chi connectivity index (χ1) is 29.9. The minimum atomic E-state index is -0.0847. The molecule has 0 fully saturated rings. The van der Waals surface area contributed by atoms with Gasteiger partial charge >= 0.3 is 0 Å². The molecule has 4 aromatic carbocycles. The van der Waals surface area contributed by atoms with Gasteiger partial charge in [-0.1, -0.05) is 155 Å². The minimum absolute atomic E-state index is 0.00000167. The molecule has 0 spiro atoms. The monoisotopic (exact) mass is 883 g/mol. The van der Waals surface area contributed by atoms with Crippen LogP contribution in [0.1, 0.15) is 213 Å². The van der Waals surface area contributed by atoms with Crippen molar-refractivity contribution in [2.75, 3.05) is 9.80 Å². The average molecular weight is 883 g/mol. The summed E-state index contributed by atoms with van der Waals surface area (Å²) in [7, 11) is 0. The molecule has 0 saturated heterocycles. The van der Waals surface area contributed by atoms with Gasteiger partial charge in [0.05, 0.1) is 5.69 Å². The lowest BCUT2D eigenvalue weighted by Gasteiger charge is -2.50. The van der Waals surface area contributed by atoms with Crippen molar-refractivity contribution in [2.24, 2.45) is 0 Å². The molecule has 2 aliphatic heterocycles. The molecule has 5 aromatic rings. The number of hydrogen-bond donors (Lipinski definition) is 0. The largest absolute Gasteiger partial charge is 0.311 e. The Morgan fingerprint density at radius 2 is 1.00 bits per heavy atom. The van der Waals surface area contributed by atoms with Crippen LogP contribution in [0.4, 0.5) is 34.1 Å². The van der Waals surface area contributed by atoms with Crippen molar-refractivity contribution in [3.63, 3.8) is 0 Å². The summed E-state index contributed by atoms with van der Waals surface area (Å²) in [5.41, 5.74) is 23.5. The Balaban J connectivity index is 1.40. The van der Waals surface area contributed by atoms with Crippen LogP contribution in [-0.4, -0.2) is 6.71 Å². The first-order valence-electron chi connectivity index (χ1n) is 25.3. The molecule has 3 aliphatic carbocycles. The van der Waals surface area contributed by atoms with Crippen LogP contribution < -0.4 is 25.5 Å². The normalized spacial score (nSPS) is 21.4. The smallest absolute Gasteiger partial charge is 0.264 e. The second-order valence-electron chi connectivity index (χ2n) is 27.5. The summed E-state index contributed by atoms with van der Waals surface area (Å²) in [6.07, 6.45) is 7.16. The molecular formula is C61H79BN2S. The van der Waals surface area contributed by atoms with Gasteiger partial charge in [0.15, 0.2) is 0 Å². The van der Waals surface area contributed by atoms with Gasteiger partial charge in [-0.15, -0.1) is 0 Å². The second kappa shape index (κ2) is 13.7. The van der Waals surface area contributed by atoms with Crippen LogP contribution in [0.5, 0.6) is 0 Å². The lowest BCUT2D eigenvalue weighted by Crippen LogP contribution is -2.61. The molecule has 0 saturated carbocycles. The van der Waals surface area contributed by atoms with Crippen LogP contribution in [0.3, 0.4) is 0 Å². The van der Waals surface area contributed by atoms with E-state index in [4.69, 9.17) is 0 Å². The van der Waals surface area contributed by atoms with Crippen molar-refractivity contribution in [3.05, 3.63) is 110 Å². The highest BCUT2D eigenvalue weighted by molar-refractivity contribution is 7.29. The SMILES string of the molecule is Cc1cc(C(C)(C)C)ccc1N1c2cc(C(C)(C)C)cc3c2B(c2ccc4c(c2N3c2ccc3c(c2)C(C)(C)CCC3(C)C)C(C)(C)CCC4(C)C)c2sc3c(c21)C(C)(C)CCC3(C)C. The average Bonchev–Trinajstić information content (AvgIpc) is 3.62. The number of aryl methyl sites for hydroxylation is 1. The molecule has 65 heavy (non-hydrogen) atoms. The van der Waals surface area contributed by atoms with E-state index in [0.29, 0.717) is 0 Å². The summed E-state index contributed by atoms with van der Waals surface area (Å²) in [6.45, 7) is 47.0. The number of benzene rings is 4. The van der Waals surface area contributed by atoms with E-state index in [0.717, 1.165) is 0 Å². The number of thiophene rings is 1. The Kier molecular flexibility index (Phi) is 9.49. The minimum Gasteiger partial charge on any atom is -0.311 e. The van der Waals surface area contributed by atoms with Crippen LogP contribution >= 0.6 is 11.3 Å². The zero-order valence-electron chi connectivity index (χ0n) is 43.9. The number of nitrogens with zero attached hydrogens (tertiary/aromatic N) is 2. The number of rotatable bonds is 2. The molecule has 0 radical (unpaired) electrons. The van der Waals surface area contributed by atoms with E-state index in [1.165, 1.54) is 122 Å². The molecule has 1 aromatic heterocycles. The summed E-state index contributed by atoms with van der Waals surface area (Å²) < 4.78 is 1.54. The Morgan fingerprint density at radius 1 is 0.477 bits per heavy atom. The summed E-state index contributed by atoms with van der Waals surface area (Å²) in [4.78, 5) is 7.22. The van der Waals surface area contributed by atoms with E-state index in [9.17, 15) is 0 Å². The predicted octanol–water partition coefficient (Wildman–Crippen LogP) is 15.8. The van der Waals surface area contributed by atoms with Crippen molar-refractivity contribution in [1.82, 2.24) is 0 Å². The fourth-order valence-electron chi connectivity index (χ4n) is 13.0. The van der Waals surface area contributed by atoms with Gasteiger partial charge in [0.25, 0.3) is 6.71 Å². The molecular weight excluding hydrogens is 804 g/mol. The number of hydrogen-bond acceptors (Lipinski definition) is 3. The van der Waals surface area contributed by atoms with E-state index >= 15 is 0 Å². The Labute approximate surface area is 399 Å². The Bertz CT molecular complexity index is 2830. The Morgan fingerprint density at radius 3 is 1.60 bits per heavy atom. The van der Waals surface area contributed by atoms with E-state index in [1.54, 1.807) is 16.0 Å². The highest BCUT2D eigenvalue weighted by Crippen LogP contribution is 2.59. The lowest BCUT2D eigenvalue weighted by molar-refractivity contribution is 0.331. The van der Waals surface area contributed by atoms with Crippen LogP contribution in [-0.2, 0) is 43.3 Å². The third-order valence-electron chi connectivity index (χ3n) is 17.8. The molecule has 0 amide bonds. The van der Waals surface area contributed by atoms with Gasteiger partial charge in [0.2, 0.25) is 0 Å². The topological polar surface area (TPSA) is 6.48 Å². The second-order valence-corrected chi connectivity index (χ2v) is 28.6. The van der Waals surface area contributed by atoms with E-state index in [1.807, 2.05) is 0 Å². The molecule has 0 bridgehead atoms. The van der Waals surface area contributed by atoms with Crippen molar-refractivity contribution < 1.29 is 0 Å². The molecule has 342 valence electrons. The zero-order valence-corrected chi connectivity index (χ0v) is 44.7. The fraction of sp³-hybridized carbons (Fsp3) is 0.541. The lowest BCUT2D eigenvalue weighted by atomic mass is 9.35. The van der Waals surface area contributed by atoms with E-state index in [2.05, 4.69) is 213 Å². The van der Waals surface area contributed by atoms with Gasteiger partial charge in [-0.05, 0) is 175 Å². The van der Waals surface area contributed by atoms with Crippen LogP contribution in [0.2, 0.25) is 0 Å². The maximum Gasteiger partial charge on any atom is 0.264 e. The van der Waals surface area contributed by atoms with Crippen molar-refractivity contribution in [1.29, 1.82) is 0 Å². The van der Waals surface area contributed by atoms with Crippen LogP contribution in [0.25, 0.3) is 0 Å². The quantitative estimate of drug-likeness (QED) is 0.160. The summed E-state index contributed by atoms with van der Waals surface area (Å²) in [5, 5.41) is 0. The van der Waals surface area contributed by atoms with Crippen LogP contribution in [0, 0.1) is 6.92 Å². The van der Waals surface area contributed by atoms with Gasteiger partial charge in [-0.2, -0.15) is 11.3 Å².